The van der Waals surface area contributed by atoms with E-state index in [4.69, 9.17) is 4.74 Å². The van der Waals surface area contributed by atoms with Gasteiger partial charge in [0.1, 0.15) is 5.75 Å². The number of benzene rings is 2. The molecule has 2 aromatic rings. The number of methoxy groups -OCH3 is 1. The number of carboxylic acids is 1. The van der Waals surface area contributed by atoms with E-state index in [2.05, 4.69) is 17.4 Å². The van der Waals surface area contributed by atoms with Crippen molar-refractivity contribution in [3.05, 3.63) is 64.7 Å². The molecule has 1 atom stereocenters. The fourth-order valence-electron chi connectivity index (χ4n) is 3.38. The summed E-state index contributed by atoms with van der Waals surface area (Å²) in [5.74, 6) is 0.390. The lowest BCUT2D eigenvalue weighted by Crippen LogP contribution is -2.24. The first kappa shape index (κ1) is 16.5. The van der Waals surface area contributed by atoms with Crippen molar-refractivity contribution in [2.45, 2.75) is 31.7 Å². The molecule has 0 spiro atoms. The van der Waals surface area contributed by atoms with Crippen LogP contribution in [0, 0.1) is 0 Å². The quantitative estimate of drug-likeness (QED) is 0.852. The van der Waals surface area contributed by atoms with Crippen LogP contribution in [0.3, 0.4) is 0 Å². The molecule has 0 radical (unpaired) electrons. The molecule has 2 aromatic carbocycles. The van der Waals surface area contributed by atoms with E-state index >= 15 is 0 Å². The van der Waals surface area contributed by atoms with Crippen molar-refractivity contribution in [3.8, 4) is 5.75 Å². The van der Waals surface area contributed by atoms with Crippen LogP contribution >= 0.6 is 0 Å². The summed E-state index contributed by atoms with van der Waals surface area (Å²) >= 11 is 0. The van der Waals surface area contributed by atoms with Gasteiger partial charge in [-0.2, -0.15) is 0 Å². The van der Waals surface area contributed by atoms with Gasteiger partial charge >= 0.3 is 5.97 Å². The first-order valence-electron chi connectivity index (χ1n) is 8.37. The predicted molar refractivity (Wildman–Crippen MR) is 93.8 cm³/mol. The van der Waals surface area contributed by atoms with Crippen molar-refractivity contribution < 1.29 is 14.6 Å². The maximum absolute atomic E-state index is 11.2. The standard InChI is InChI=1S/C20H23NO3/c1-24-18-9-5-14(6-10-18)12-21-13-17-4-2-3-15-7-8-16(20(22)23)11-19(15)17/h5-11,17,21H,2-4,12-13H2,1H3,(H,22,23). The second-order valence-electron chi connectivity index (χ2n) is 6.29. The summed E-state index contributed by atoms with van der Waals surface area (Å²) < 4.78 is 5.17. The average molecular weight is 325 g/mol. The Morgan fingerprint density at radius 3 is 2.75 bits per heavy atom. The Balaban J connectivity index is 1.64. The van der Waals surface area contributed by atoms with E-state index in [1.807, 2.05) is 24.3 Å². The average Bonchev–Trinajstić information content (AvgIpc) is 2.62. The largest absolute Gasteiger partial charge is 0.497 e. The Kier molecular flexibility index (Phi) is 5.16. The number of hydrogen-bond donors (Lipinski definition) is 2. The van der Waals surface area contributed by atoms with Crippen LogP contribution in [-0.2, 0) is 13.0 Å². The molecule has 0 aromatic heterocycles. The van der Waals surface area contributed by atoms with E-state index in [-0.39, 0.29) is 0 Å². The summed E-state index contributed by atoms with van der Waals surface area (Å²) in [6, 6.07) is 13.6. The Bertz CT molecular complexity index is 709. The fourth-order valence-corrected chi connectivity index (χ4v) is 3.38. The highest BCUT2D eigenvalue weighted by atomic mass is 16.5. The minimum absolute atomic E-state index is 0.381. The summed E-state index contributed by atoms with van der Waals surface area (Å²) in [5.41, 5.74) is 4.09. The molecule has 4 heteroatoms. The van der Waals surface area contributed by atoms with Crippen LogP contribution in [0.5, 0.6) is 5.75 Å². The molecule has 4 nitrogen and oxygen atoms in total. The van der Waals surface area contributed by atoms with Crippen molar-refractivity contribution in [1.82, 2.24) is 5.32 Å². The second kappa shape index (κ2) is 7.49. The second-order valence-corrected chi connectivity index (χ2v) is 6.29. The smallest absolute Gasteiger partial charge is 0.335 e. The SMILES string of the molecule is COc1ccc(CNCC2CCCc3ccc(C(=O)O)cc32)cc1. The van der Waals surface area contributed by atoms with E-state index in [1.54, 1.807) is 13.2 Å². The number of hydrogen-bond acceptors (Lipinski definition) is 3. The van der Waals surface area contributed by atoms with Crippen LogP contribution in [0.25, 0.3) is 0 Å². The van der Waals surface area contributed by atoms with Crippen molar-refractivity contribution in [2.75, 3.05) is 13.7 Å². The lowest BCUT2D eigenvalue weighted by Gasteiger charge is -2.26. The highest BCUT2D eigenvalue weighted by Crippen LogP contribution is 2.32. The van der Waals surface area contributed by atoms with Crippen LogP contribution in [0.1, 0.15) is 45.8 Å². The molecule has 1 aliphatic rings. The van der Waals surface area contributed by atoms with Gasteiger partial charge < -0.3 is 15.2 Å². The maximum atomic E-state index is 11.2. The van der Waals surface area contributed by atoms with Crippen LogP contribution in [0.2, 0.25) is 0 Å². The summed E-state index contributed by atoms with van der Waals surface area (Å²) in [6.45, 7) is 1.66. The summed E-state index contributed by atoms with van der Waals surface area (Å²) in [7, 11) is 1.67. The Morgan fingerprint density at radius 2 is 2.04 bits per heavy atom. The Labute approximate surface area is 142 Å². The summed E-state index contributed by atoms with van der Waals surface area (Å²) in [5, 5.41) is 12.7. The topological polar surface area (TPSA) is 58.6 Å². The van der Waals surface area contributed by atoms with Gasteiger partial charge in [0.2, 0.25) is 0 Å². The van der Waals surface area contributed by atoms with Gasteiger partial charge in [-0.25, -0.2) is 4.79 Å². The minimum Gasteiger partial charge on any atom is -0.497 e. The summed E-state index contributed by atoms with van der Waals surface area (Å²) in [4.78, 5) is 11.2. The van der Waals surface area contributed by atoms with Crippen LogP contribution in [-0.4, -0.2) is 24.7 Å². The number of aromatic carboxylic acids is 1. The lowest BCUT2D eigenvalue weighted by molar-refractivity contribution is 0.0696. The molecule has 1 aliphatic carbocycles. The Hall–Kier alpha value is -2.33. The molecule has 0 saturated heterocycles. The monoisotopic (exact) mass is 325 g/mol. The molecular formula is C20H23NO3. The van der Waals surface area contributed by atoms with Crippen LogP contribution < -0.4 is 10.1 Å². The number of rotatable bonds is 6. The van der Waals surface area contributed by atoms with Crippen molar-refractivity contribution in [1.29, 1.82) is 0 Å². The van der Waals surface area contributed by atoms with Gasteiger partial charge in [0.05, 0.1) is 12.7 Å². The van der Waals surface area contributed by atoms with E-state index in [0.29, 0.717) is 11.5 Å². The molecule has 24 heavy (non-hydrogen) atoms. The number of aryl methyl sites for hydroxylation is 1. The third-order valence-corrected chi connectivity index (χ3v) is 4.71. The number of fused-ring (bicyclic) bond motifs is 1. The maximum Gasteiger partial charge on any atom is 0.335 e. The van der Waals surface area contributed by atoms with Gasteiger partial charge in [-0.15, -0.1) is 0 Å². The lowest BCUT2D eigenvalue weighted by atomic mass is 9.82. The Morgan fingerprint density at radius 1 is 1.25 bits per heavy atom. The van der Waals surface area contributed by atoms with Gasteiger partial charge in [0.15, 0.2) is 0 Å². The molecule has 2 N–H and O–H groups in total. The number of carboxylic acid groups (broad SMARTS) is 1. The van der Waals surface area contributed by atoms with Gasteiger partial charge in [0, 0.05) is 13.1 Å². The molecule has 1 unspecified atom stereocenters. The highest BCUT2D eigenvalue weighted by Gasteiger charge is 2.21. The van der Waals surface area contributed by atoms with Gasteiger partial charge in [-0.3, -0.25) is 0 Å². The number of ether oxygens (including phenoxy) is 1. The highest BCUT2D eigenvalue weighted by molar-refractivity contribution is 5.88. The van der Waals surface area contributed by atoms with Crippen molar-refractivity contribution in [2.24, 2.45) is 0 Å². The molecule has 0 heterocycles. The van der Waals surface area contributed by atoms with Gasteiger partial charge in [-0.05, 0) is 66.1 Å². The van der Waals surface area contributed by atoms with Gasteiger partial charge in [0.25, 0.3) is 0 Å². The minimum atomic E-state index is -0.853. The molecule has 3 rings (SSSR count). The normalized spacial score (nSPS) is 16.5. The fraction of sp³-hybridized carbons (Fsp3) is 0.350. The van der Waals surface area contributed by atoms with Gasteiger partial charge in [-0.1, -0.05) is 18.2 Å². The third-order valence-electron chi connectivity index (χ3n) is 4.71. The molecule has 0 aliphatic heterocycles. The zero-order chi connectivity index (χ0) is 16.9. The summed E-state index contributed by atoms with van der Waals surface area (Å²) in [6.07, 6.45) is 3.31. The molecule has 126 valence electrons. The first-order chi connectivity index (χ1) is 11.7. The van der Waals surface area contributed by atoms with Crippen molar-refractivity contribution in [3.63, 3.8) is 0 Å². The van der Waals surface area contributed by atoms with Crippen molar-refractivity contribution >= 4 is 5.97 Å². The third kappa shape index (κ3) is 3.77. The zero-order valence-electron chi connectivity index (χ0n) is 13.9. The zero-order valence-corrected chi connectivity index (χ0v) is 13.9. The van der Waals surface area contributed by atoms with E-state index in [1.165, 1.54) is 16.7 Å². The number of carbonyl (C=O) groups is 1. The molecule has 0 bridgehead atoms. The van der Waals surface area contributed by atoms with E-state index in [0.717, 1.165) is 38.1 Å². The number of nitrogens with one attached hydrogen (secondary N) is 1. The predicted octanol–water partition coefficient (Wildman–Crippen LogP) is 3.60. The van der Waals surface area contributed by atoms with Crippen LogP contribution in [0.15, 0.2) is 42.5 Å². The van der Waals surface area contributed by atoms with E-state index in [9.17, 15) is 9.90 Å². The first-order valence-corrected chi connectivity index (χ1v) is 8.37. The molecule has 0 amide bonds. The van der Waals surface area contributed by atoms with Crippen LogP contribution in [0.4, 0.5) is 0 Å². The molecule has 0 saturated carbocycles. The molecular weight excluding hydrogens is 302 g/mol. The molecule has 0 fully saturated rings. The van der Waals surface area contributed by atoms with E-state index < -0.39 is 5.97 Å².